The summed E-state index contributed by atoms with van der Waals surface area (Å²) in [7, 11) is 0. The second-order valence-corrected chi connectivity index (χ2v) is 9.65. The third kappa shape index (κ3) is 5.42. The van der Waals surface area contributed by atoms with Crippen molar-refractivity contribution in [2.75, 3.05) is 18.4 Å². The fourth-order valence-electron chi connectivity index (χ4n) is 3.95. The molecule has 2 heterocycles. The Labute approximate surface area is 197 Å². The number of halogens is 1. The van der Waals surface area contributed by atoms with Crippen LogP contribution in [0, 0.1) is 5.82 Å². The predicted octanol–water partition coefficient (Wildman–Crippen LogP) is 6.23. The van der Waals surface area contributed by atoms with Gasteiger partial charge in [-0.15, -0.1) is 11.3 Å². The van der Waals surface area contributed by atoms with E-state index in [2.05, 4.69) is 5.32 Å². The molecule has 1 N–H and O–H groups in total. The summed E-state index contributed by atoms with van der Waals surface area (Å²) in [5, 5.41) is 2.94. The van der Waals surface area contributed by atoms with E-state index in [9.17, 15) is 14.0 Å². The molecule has 5 nitrogen and oxygen atoms in total. The van der Waals surface area contributed by atoms with Gasteiger partial charge < -0.3 is 15.1 Å². The number of carbonyl (C=O) groups is 2. The minimum atomic E-state index is -0.257. The van der Waals surface area contributed by atoms with Gasteiger partial charge in [-0.25, -0.2) is 9.18 Å². The number of carbonyl (C=O) groups excluding carboxylic acids is 2. The summed E-state index contributed by atoms with van der Waals surface area (Å²) in [4.78, 5) is 31.2. The number of hydrogen-bond donors (Lipinski definition) is 1. The van der Waals surface area contributed by atoms with Gasteiger partial charge in [-0.1, -0.05) is 24.3 Å². The van der Waals surface area contributed by atoms with Crippen LogP contribution in [0.3, 0.4) is 0 Å². The number of anilines is 1. The molecular weight excluding hydrogens is 437 g/mol. The van der Waals surface area contributed by atoms with E-state index in [4.69, 9.17) is 0 Å². The number of nitrogens with one attached hydrogen (secondary N) is 1. The van der Waals surface area contributed by atoms with Crippen molar-refractivity contribution in [3.63, 3.8) is 0 Å². The Morgan fingerprint density at radius 3 is 2.55 bits per heavy atom. The Balaban J connectivity index is 1.46. The number of hydrogen-bond acceptors (Lipinski definition) is 3. The summed E-state index contributed by atoms with van der Waals surface area (Å²) < 4.78 is 14.1. The zero-order valence-electron chi connectivity index (χ0n) is 18.9. The van der Waals surface area contributed by atoms with Crippen molar-refractivity contribution < 1.29 is 14.0 Å². The number of amides is 3. The normalized spacial score (nSPS) is 13.4. The quantitative estimate of drug-likeness (QED) is 0.469. The average molecular weight is 466 g/mol. The highest BCUT2D eigenvalue weighted by atomic mass is 32.1. The highest BCUT2D eigenvalue weighted by Gasteiger charge is 2.22. The lowest BCUT2D eigenvalue weighted by molar-refractivity contribution is 0.0793. The zero-order chi connectivity index (χ0) is 23.4. The monoisotopic (exact) mass is 465 g/mol. The molecule has 7 heteroatoms. The Kier molecular flexibility index (Phi) is 7.08. The Morgan fingerprint density at radius 2 is 1.82 bits per heavy atom. The molecule has 1 aliphatic rings. The molecule has 3 aromatic rings. The summed E-state index contributed by atoms with van der Waals surface area (Å²) in [6, 6.07) is 17.3. The van der Waals surface area contributed by atoms with Gasteiger partial charge in [0.2, 0.25) is 0 Å². The standard InChI is InChI=1S/C26H28FN3O2S/c1-18(2)30(17-21-12-13-24(33-21)22-10-3-4-11-23(22)27)26(32)28-20-9-7-8-19(16-20)25(31)29-14-5-6-15-29/h3-4,7-13,16,18H,5-6,14-15,17H2,1-2H3,(H,28,32). The van der Waals surface area contributed by atoms with Gasteiger partial charge in [0, 0.05) is 45.7 Å². The van der Waals surface area contributed by atoms with Crippen LogP contribution in [0.4, 0.5) is 14.9 Å². The lowest BCUT2D eigenvalue weighted by atomic mass is 10.1. The smallest absolute Gasteiger partial charge is 0.322 e. The molecule has 1 aromatic heterocycles. The maximum atomic E-state index is 14.1. The molecule has 0 bridgehead atoms. The third-order valence-corrected chi connectivity index (χ3v) is 6.87. The topological polar surface area (TPSA) is 52.7 Å². The van der Waals surface area contributed by atoms with Gasteiger partial charge in [-0.3, -0.25) is 4.79 Å². The van der Waals surface area contributed by atoms with E-state index in [0.29, 0.717) is 23.4 Å². The lowest BCUT2D eigenvalue weighted by Gasteiger charge is -2.26. The molecule has 4 rings (SSSR count). The van der Waals surface area contributed by atoms with E-state index in [0.717, 1.165) is 35.7 Å². The number of likely N-dealkylation sites (tertiary alicyclic amines) is 1. The molecule has 0 aliphatic carbocycles. The van der Waals surface area contributed by atoms with E-state index in [1.54, 1.807) is 41.3 Å². The van der Waals surface area contributed by atoms with Crippen molar-refractivity contribution in [3.05, 3.63) is 76.9 Å². The Hall–Kier alpha value is -3.19. The van der Waals surface area contributed by atoms with Gasteiger partial charge in [0.25, 0.3) is 5.91 Å². The van der Waals surface area contributed by atoms with E-state index in [-0.39, 0.29) is 23.8 Å². The number of urea groups is 1. The molecular formula is C26H28FN3O2S. The molecule has 0 radical (unpaired) electrons. The highest BCUT2D eigenvalue weighted by molar-refractivity contribution is 7.15. The van der Waals surface area contributed by atoms with Crippen LogP contribution < -0.4 is 5.32 Å². The molecule has 33 heavy (non-hydrogen) atoms. The molecule has 1 fully saturated rings. The summed E-state index contributed by atoms with van der Waals surface area (Å²) in [5.41, 5.74) is 1.74. The van der Waals surface area contributed by atoms with Gasteiger partial charge in [-0.2, -0.15) is 0 Å². The third-order valence-electron chi connectivity index (χ3n) is 5.77. The maximum absolute atomic E-state index is 14.1. The second-order valence-electron chi connectivity index (χ2n) is 8.48. The fraction of sp³-hybridized carbons (Fsp3) is 0.308. The van der Waals surface area contributed by atoms with Gasteiger partial charge in [0.05, 0.1) is 6.54 Å². The van der Waals surface area contributed by atoms with Crippen LogP contribution in [0.25, 0.3) is 10.4 Å². The van der Waals surface area contributed by atoms with Gasteiger partial charge in [-0.05, 0) is 63.1 Å². The van der Waals surface area contributed by atoms with Gasteiger partial charge in [0.15, 0.2) is 0 Å². The molecule has 172 valence electrons. The van der Waals surface area contributed by atoms with Gasteiger partial charge in [0.1, 0.15) is 5.82 Å². The van der Waals surface area contributed by atoms with E-state index in [1.165, 1.54) is 17.4 Å². The van der Waals surface area contributed by atoms with E-state index < -0.39 is 0 Å². The van der Waals surface area contributed by atoms with Gasteiger partial charge >= 0.3 is 6.03 Å². The zero-order valence-corrected chi connectivity index (χ0v) is 19.7. The van der Waals surface area contributed by atoms with E-state index in [1.807, 2.05) is 36.9 Å². The first-order chi connectivity index (χ1) is 15.9. The SMILES string of the molecule is CC(C)N(Cc1ccc(-c2ccccc2F)s1)C(=O)Nc1cccc(C(=O)N2CCCC2)c1. The van der Waals surface area contributed by atoms with Crippen LogP contribution in [0.5, 0.6) is 0 Å². The van der Waals surface area contributed by atoms with Crippen molar-refractivity contribution in [2.45, 2.75) is 39.3 Å². The summed E-state index contributed by atoms with van der Waals surface area (Å²) in [6.45, 7) is 5.89. The summed E-state index contributed by atoms with van der Waals surface area (Å²) >= 11 is 1.48. The molecule has 0 unspecified atom stereocenters. The first kappa shape index (κ1) is 23.0. The Morgan fingerprint density at radius 1 is 1.06 bits per heavy atom. The molecule has 0 spiro atoms. The minimum Gasteiger partial charge on any atom is -0.339 e. The predicted molar refractivity (Wildman–Crippen MR) is 131 cm³/mol. The van der Waals surface area contributed by atoms with Crippen molar-refractivity contribution in [1.82, 2.24) is 9.80 Å². The summed E-state index contributed by atoms with van der Waals surface area (Å²) in [6.07, 6.45) is 2.07. The first-order valence-corrected chi connectivity index (χ1v) is 12.0. The molecule has 3 amide bonds. The number of thiophene rings is 1. The first-order valence-electron chi connectivity index (χ1n) is 11.2. The van der Waals surface area contributed by atoms with E-state index >= 15 is 0 Å². The average Bonchev–Trinajstić information content (AvgIpc) is 3.50. The second kappa shape index (κ2) is 10.2. The van der Waals surface area contributed by atoms with Crippen molar-refractivity contribution in [1.29, 1.82) is 0 Å². The number of rotatable bonds is 6. The molecule has 0 saturated carbocycles. The highest BCUT2D eigenvalue weighted by Crippen LogP contribution is 2.31. The van der Waals surface area contributed by atoms with Crippen molar-refractivity contribution in [3.8, 4) is 10.4 Å². The van der Waals surface area contributed by atoms with Crippen molar-refractivity contribution in [2.24, 2.45) is 0 Å². The molecule has 2 aromatic carbocycles. The maximum Gasteiger partial charge on any atom is 0.322 e. The number of nitrogens with zero attached hydrogens (tertiary/aromatic N) is 2. The minimum absolute atomic E-state index is 0.00331. The molecule has 0 atom stereocenters. The van der Waals surface area contributed by atoms with Crippen molar-refractivity contribution >= 4 is 29.0 Å². The van der Waals surface area contributed by atoms with Crippen LogP contribution in [0.1, 0.15) is 41.9 Å². The van der Waals surface area contributed by atoms with Crippen LogP contribution >= 0.6 is 11.3 Å². The number of benzene rings is 2. The largest absolute Gasteiger partial charge is 0.339 e. The fourth-order valence-corrected chi connectivity index (χ4v) is 4.99. The van der Waals surface area contributed by atoms with Crippen LogP contribution in [-0.4, -0.2) is 40.9 Å². The van der Waals surface area contributed by atoms with Crippen LogP contribution in [-0.2, 0) is 6.54 Å². The molecule has 1 saturated heterocycles. The van der Waals surface area contributed by atoms with Crippen LogP contribution in [0.15, 0.2) is 60.7 Å². The summed E-state index contributed by atoms with van der Waals surface area (Å²) in [5.74, 6) is -0.253. The Bertz CT molecular complexity index is 1140. The lowest BCUT2D eigenvalue weighted by Crippen LogP contribution is -2.39. The van der Waals surface area contributed by atoms with Crippen LogP contribution in [0.2, 0.25) is 0 Å². The molecule has 1 aliphatic heterocycles.